The molecule has 1 aromatic carbocycles. The number of carbonyl (C=O) groups excluding carboxylic acids is 1. The molecule has 5 nitrogen and oxygen atoms in total. The lowest BCUT2D eigenvalue weighted by atomic mass is 10.2. The summed E-state index contributed by atoms with van der Waals surface area (Å²) in [7, 11) is 1.76. The largest absolute Gasteiger partial charge is 0.481 e. The van der Waals surface area contributed by atoms with Gasteiger partial charge in [-0.05, 0) is 44.0 Å². The van der Waals surface area contributed by atoms with Gasteiger partial charge in [0.1, 0.15) is 5.75 Å². The number of likely N-dealkylation sites (N-methyl/N-ethyl adjacent to an activating group) is 1. The van der Waals surface area contributed by atoms with Crippen molar-refractivity contribution in [1.82, 2.24) is 15.1 Å². The zero-order valence-corrected chi connectivity index (χ0v) is 14.0. The molecular weight excluding hydrogens is 314 g/mol. The summed E-state index contributed by atoms with van der Waals surface area (Å²) in [6.07, 6.45) is 1.84. The van der Waals surface area contributed by atoms with Gasteiger partial charge in [0.2, 0.25) is 0 Å². The van der Waals surface area contributed by atoms with Gasteiger partial charge < -0.3 is 9.64 Å². The van der Waals surface area contributed by atoms with E-state index in [1.807, 2.05) is 6.07 Å². The maximum Gasteiger partial charge on any atom is 0.263 e. The summed E-state index contributed by atoms with van der Waals surface area (Å²) in [5, 5.41) is 7.89. The van der Waals surface area contributed by atoms with E-state index in [1.165, 1.54) is 12.8 Å². The standard InChI is InChI=1S/C17H20ClN3O2/c1-11(23-15-5-3-4-13(18)8-15)17(22)21(2)10-14-9-16(20-19-14)12-6-7-12/h3-5,8-9,11-12H,6-7,10H2,1-2H3,(H,19,20)/t11-/m0/s1. The fraction of sp³-hybridized carbons (Fsp3) is 0.412. The van der Waals surface area contributed by atoms with E-state index in [4.69, 9.17) is 16.3 Å². The van der Waals surface area contributed by atoms with E-state index in [9.17, 15) is 4.79 Å². The molecule has 0 bridgehead atoms. The highest BCUT2D eigenvalue weighted by atomic mass is 35.5. The Morgan fingerprint density at radius 1 is 1.48 bits per heavy atom. The molecule has 1 saturated carbocycles. The van der Waals surface area contributed by atoms with Gasteiger partial charge >= 0.3 is 0 Å². The average molecular weight is 334 g/mol. The Bertz CT molecular complexity index is 697. The van der Waals surface area contributed by atoms with Crippen molar-refractivity contribution < 1.29 is 9.53 Å². The summed E-state index contributed by atoms with van der Waals surface area (Å²) in [6, 6.07) is 9.09. The Morgan fingerprint density at radius 3 is 2.96 bits per heavy atom. The molecule has 0 aliphatic heterocycles. The van der Waals surface area contributed by atoms with Crippen molar-refractivity contribution >= 4 is 17.5 Å². The van der Waals surface area contributed by atoms with Crippen LogP contribution in [0.5, 0.6) is 5.75 Å². The second-order valence-electron chi connectivity index (χ2n) is 6.00. The maximum atomic E-state index is 12.4. The third-order valence-corrected chi connectivity index (χ3v) is 4.12. The van der Waals surface area contributed by atoms with Crippen LogP contribution in [0.15, 0.2) is 30.3 Å². The minimum atomic E-state index is -0.579. The number of carbonyl (C=O) groups is 1. The van der Waals surface area contributed by atoms with Crippen LogP contribution in [0.2, 0.25) is 5.02 Å². The highest BCUT2D eigenvalue weighted by Gasteiger charge is 2.26. The quantitative estimate of drug-likeness (QED) is 0.881. The van der Waals surface area contributed by atoms with Gasteiger partial charge in [-0.15, -0.1) is 0 Å². The Kier molecular flexibility index (Phi) is 4.57. The molecule has 6 heteroatoms. The third-order valence-electron chi connectivity index (χ3n) is 3.89. The van der Waals surface area contributed by atoms with E-state index < -0.39 is 6.10 Å². The van der Waals surface area contributed by atoms with Crippen molar-refractivity contribution in [1.29, 1.82) is 0 Å². The molecule has 1 N–H and O–H groups in total. The highest BCUT2D eigenvalue weighted by Crippen LogP contribution is 2.39. The van der Waals surface area contributed by atoms with Gasteiger partial charge in [0.25, 0.3) is 5.91 Å². The van der Waals surface area contributed by atoms with E-state index in [0.29, 0.717) is 23.2 Å². The number of benzene rings is 1. The zero-order valence-electron chi connectivity index (χ0n) is 13.3. The molecule has 1 atom stereocenters. The van der Waals surface area contributed by atoms with Gasteiger partial charge in [-0.1, -0.05) is 17.7 Å². The Balaban J connectivity index is 1.57. The Hall–Kier alpha value is -2.01. The van der Waals surface area contributed by atoms with Crippen LogP contribution in [-0.4, -0.2) is 34.2 Å². The number of hydrogen-bond donors (Lipinski definition) is 1. The first-order valence-corrected chi connectivity index (χ1v) is 8.12. The molecule has 1 fully saturated rings. The molecule has 0 unspecified atom stereocenters. The van der Waals surface area contributed by atoms with Gasteiger partial charge in [0.15, 0.2) is 6.10 Å². The van der Waals surface area contributed by atoms with Crippen LogP contribution < -0.4 is 4.74 Å². The number of ether oxygens (including phenoxy) is 1. The lowest BCUT2D eigenvalue weighted by Gasteiger charge is -2.21. The van der Waals surface area contributed by atoms with Gasteiger partial charge in [-0.3, -0.25) is 9.89 Å². The highest BCUT2D eigenvalue weighted by molar-refractivity contribution is 6.30. The van der Waals surface area contributed by atoms with Gasteiger partial charge in [-0.25, -0.2) is 0 Å². The molecule has 122 valence electrons. The van der Waals surface area contributed by atoms with Crippen molar-refractivity contribution in [3.05, 3.63) is 46.7 Å². The van der Waals surface area contributed by atoms with E-state index in [0.717, 1.165) is 11.4 Å². The summed E-state index contributed by atoms with van der Waals surface area (Å²) in [4.78, 5) is 14.1. The molecular formula is C17H20ClN3O2. The van der Waals surface area contributed by atoms with E-state index in [1.54, 1.807) is 43.1 Å². The number of halogens is 1. The summed E-state index contributed by atoms with van der Waals surface area (Å²) >= 11 is 5.92. The second-order valence-corrected chi connectivity index (χ2v) is 6.44. The predicted molar refractivity (Wildman–Crippen MR) is 88.6 cm³/mol. The molecule has 0 spiro atoms. The minimum absolute atomic E-state index is 0.0902. The number of aromatic amines is 1. The SMILES string of the molecule is C[C@H](Oc1cccc(Cl)c1)C(=O)N(C)Cc1cc(C2CC2)n[nH]1. The first-order valence-electron chi connectivity index (χ1n) is 7.74. The zero-order chi connectivity index (χ0) is 16.4. The molecule has 0 radical (unpaired) electrons. The smallest absolute Gasteiger partial charge is 0.263 e. The van der Waals surface area contributed by atoms with Crippen LogP contribution in [0.1, 0.15) is 37.1 Å². The Morgan fingerprint density at radius 2 is 2.26 bits per heavy atom. The van der Waals surface area contributed by atoms with Crippen molar-refractivity contribution in [2.24, 2.45) is 0 Å². The summed E-state index contributed by atoms with van der Waals surface area (Å²) in [5.41, 5.74) is 2.04. The maximum absolute atomic E-state index is 12.4. The first kappa shape index (κ1) is 15.9. The molecule has 2 aromatic rings. The second kappa shape index (κ2) is 6.62. The lowest BCUT2D eigenvalue weighted by Crippen LogP contribution is -2.37. The summed E-state index contributed by atoms with van der Waals surface area (Å²) < 4.78 is 5.67. The van der Waals surface area contributed by atoms with Crippen LogP contribution in [0.4, 0.5) is 0 Å². The number of nitrogens with zero attached hydrogens (tertiary/aromatic N) is 2. The average Bonchev–Trinajstić information content (AvgIpc) is 3.27. The summed E-state index contributed by atoms with van der Waals surface area (Å²) in [6.45, 7) is 2.23. The number of H-pyrrole nitrogens is 1. The third kappa shape index (κ3) is 4.05. The molecule has 1 aliphatic carbocycles. The van der Waals surface area contributed by atoms with E-state index in [2.05, 4.69) is 10.2 Å². The molecule has 1 aliphatic rings. The van der Waals surface area contributed by atoms with Crippen LogP contribution in [0.3, 0.4) is 0 Å². The van der Waals surface area contributed by atoms with Crippen molar-refractivity contribution in [3.8, 4) is 5.75 Å². The van der Waals surface area contributed by atoms with Gasteiger partial charge in [-0.2, -0.15) is 5.10 Å². The van der Waals surface area contributed by atoms with Crippen LogP contribution in [-0.2, 0) is 11.3 Å². The summed E-state index contributed by atoms with van der Waals surface area (Å²) in [5.74, 6) is 1.10. The number of rotatable bonds is 6. The lowest BCUT2D eigenvalue weighted by molar-refractivity contribution is -0.137. The predicted octanol–water partition coefficient (Wildman–Crippen LogP) is 3.37. The normalized spacial score (nSPS) is 15.3. The minimum Gasteiger partial charge on any atom is -0.481 e. The van der Waals surface area contributed by atoms with Crippen molar-refractivity contribution in [3.63, 3.8) is 0 Å². The van der Waals surface area contributed by atoms with Crippen LogP contribution in [0, 0.1) is 0 Å². The number of nitrogens with one attached hydrogen (secondary N) is 1. The molecule has 1 heterocycles. The molecule has 23 heavy (non-hydrogen) atoms. The fourth-order valence-electron chi connectivity index (χ4n) is 2.49. The van der Waals surface area contributed by atoms with E-state index >= 15 is 0 Å². The molecule has 1 aromatic heterocycles. The molecule has 0 saturated heterocycles. The number of amides is 1. The number of aromatic nitrogens is 2. The van der Waals surface area contributed by atoms with Gasteiger partial charge in [0, 0.05) is 18.0 Å². The first-order chi connectivity index (χ1) is 11.0. The van der Waals surface area contributed by atoms with Crippen LogP contribution >= 0.6 is 11.6 Å². The Labute approximate surface area is 140 Å². The van der Waals surface area contributed by atoms with Crippen molar-refractivity contribution in [2.75, 3.05) is 7.05 Å². The van der Waals surface area contributed by atoms with Crippen molar-refractivity contribution in [2.45, 2.75) is 38.3 Å². The van der Waals surface area contributed by atoms with Gasteiger partial charge in [0.05, 0.1) is 17.9 Å². The molecule has 3 rings (SSSR count). The monoisotopic (exact) mass is 333 g/mol. The number of hydrogen-bond acceptors (Lipinski definition) is 3. The topological polar surface area (TPSA) is 58.2 Å². The fourth-order valence-corrected chi connectivity index (χ4v) is 2.67. The molecule has 1 amide bonds. The van der Waals surface area contributed by atoms with Crippen LogP contribution in [0.25, 0.3) is 0 Å². The van der Waals surface area contributed by atoms with E-state index in [-0.39, 0.29) is 5.91 Å².